The molecule has 1 atom stereocenters. The zero-order chi connectivity index (χ0) is 20.7. The van der Waals surface area contributed by atoms with Crippen molar-refractivity contribution in [1.29, 1.82) is 0 Å². The van der Waals surface area contributed by atoms with E-state index in [-0.39, 0.29) is 0 Å². The summed E-state index contributed by atoms with van der Waals surface area (Å²) in [7, 11) is 3.10. The first-order valence-corrected chi connectivity index (χ1v) is 9.15. The molecule has 7 heteroatoms. The van der Waals surface area contributed by atoms with E-state index in [2.05, 4.69) is 15.3 Å². The molecule has 3 rings (SSSR count). The van der Waals surface area contributed by atoms with Crippen LogP contribution in [-0.2, 0) is 23.3 Å². The molecule has 1 unspecified atom stereocenters. The zero-order valence-corrected chi connectivity index (χ0v) is 16.5. The highest BCUT2D eigenvalue weighted by molar-refractivity contribution is 5.88. The maximum absolute atomic E-state index is 12.9. The van der Waals surface area contributed by atoms with Crippen molar-refractivity contribution in [1.82, 2.24) is 15.3 Å². The summed E-state index contributed by atoms with van der Waals surface area (Å²) in [5, 5.41) is 3.37. The summed E-state index contributed by atoms with van der Waals surface area (Å²) in [5.41, 5.74) is 7.20. The van der Waals surface area contributed by atoms with Gasteiger partial charge < -0.3 is 15.2 Å². The Bertz CT molecular complexity index is 951. The summed E-state index contributed by atoms with van der Waals surface area (Å²) in [6.45, 7) is 0.391. The lowest BCUT2D eigenvalue weighted by atomic mass is 9.82. The zero-order valence-electron chi connectivity index (χ0n) is 16.5. The number of nitrogens with two attached hydrogens (primary N) is 1. The molecular weight excluding hydrogens is 368 g/mol. The van der Waals surface area contributed by atoms with Gasteiger partial charge in [-0.05, 0) is 35.4 Å². The van der Waals surface area contributed by atoms with Crippen LogP contribution in [0.25, 0.3) is 0 Å². The van der Waals surface area contributed by atoms with E-state index in [0.717, 1.165) is 11.1 Å². The van der Waals surface area contributed by atoms with Crippen LogP contribution >= 0.6 is 0 Å². The van der Waals surface area contributed by atoms with E-state index in [1.54, 1.807) is 45.1 Å². The van der Waals surface area contributed by atoms with Gasteiger partial charge in [0.15, 0.2) is 11.5 Å². The molecule has 1 amide bonds. The number of rotatable bonds is 9. The third kappa shape index (κ3) is 4.35. The molecule has 3 N–H and O–H groups in total. The van der Waals surface area contributed by atoms with Crippen LogP contribution in [0.1, 0.15) is 16.7 Å². The Balaban J connectivity index is 2.12. The second-order valence-corrected chi connectivity index (χ2v) is 6.56. The molecule has 7 nitrogen and oxygen atoms in total. The molecule has 3 aromatic rings. The Hall–Kier alpha value is -3.45. The number of ether oxygens (including phenoxy) is 2. The Labute approximate surface area is 169 Å². The van der Waals surface area contributed by atoms with Gasteiger partial charge in [-0.2, -0.15) is 0 Å². The number of aromatic nitrogens is 2. The van der Waals surface area contributed by atoms with Gasteiger partial charge in [0.1, 0.15) is 5.54 Å². The van der Waals surface area contributed by atoms with Gasteiger partial charge in [0.25, 0.3) is 0 Å². The number of pyridine rings is 2. The van der Waals surface area contributed by atoms with E-state index in [0.29, 0.717) is 30.0 Å². The Morgan fingerprint density at radius 1 is 1.00 bits per heavy atom. The van der Waals surface area contributed by atoms with Crippen molar-refractivity contribution in [3.8, 4) is 11.5 Å². The minimum atomic E-state index is -1.24. The standard InChI is InChI=1S/C22H24N4O3/c1-28-19-7-3-6-18(20(19)29-2)22(21(23)27,13-16-8-11-24-12-9-16)26-15-17-5-4-10-25-14-17/h3-12,14,26H,13,15H2,1-2H3,(H2,23,27). The first kappa shape index (κ1) is 20.3. The second-order valence-electron chi connectivity index (χ2n) is 6.56. The van der Waals surface area contributed by atoms with Crippen molar-refractivity contribution in [3.63, 3.8) is 0 Å². The molecular formula is C22H24N4O3. The molecule has 0 aliphatic carbocycles. The lowest BCUT2D eigenvalue weighted by Gasteiger charge is -2.34. The molecule has 0 aliphatic rings. The lowest BCUT2D eigenvalue weighted by molar-refractivity contribution is -0.125. The van der Waals surface area contributed by atoms with E-state index in [1.165, 1.54) is 0 Å². The van der Waals surface area contributed by atoms with Crippen LogP contribution < -0.4 is 20.5 Å². The van der Waals surface area contributed by atoms with Gasteiger partial charge >= 0.3 is 0 Å². The smallest absolute Gasteiger partial charge is 0.242 e. The number of carbonyl (C=O) groups excluding carboxylic acids is 1. The summed E-state index contributed by atoms with van der Waals surface area (Å²) < 4.78 is 11.1. The van der Waals surface area contributed by atoms with Crippen LogP contribution in [0.3, 0.4) is 0 Å². The molecule has 0 fully saturated rings. The first-order chi connectivity index (χ1) is 14.1. The Morgan fingerprint density at radius 3 is 2.41 bits per heavy atom. The topological polar surface area (TPSA) is 99.4 Å². The number of hydrogen-bond acceptors (Lipinski definition) is 6. The lowest BCUT2D eigenvalue weighted by Crippen LogP contribution is -2.54. The Kier molecular flexibility index (Phi) is 6.41. The molecule has 0 saturated carbocycles. The van der Waals surface area contributed by atoms with Gasteiger partial charge in [-0.3, -0.25) is 20.1 Å². The predicted octanol–water partition coefficient (Wildman–Crippen LogP) is 2.21. The average molecular weight is 392 g/mol. The largest absolute Gasteiger partial charge is 0.493 e. The molecule has 0 radical (unpaired) electrons. The highest BCUT2D eigenvalue weighted by Crippen LogP contribution is 2.39. The normalized spacial score (nSPS) is 12.8. The van der Waals surface area contributed by atoms with Crippen molar-refractivity contribution < 1.29 is 14.3 Å². The van der Waals surface area contributed by atoms with Crippen molar-refractivity contribution in [3.05, 3.63) is 83.9 Å². The van der Waals surface area contributed by atoms with Gasteiger partial charge in [-0.1, -0.05) is 18.2 Å². The number of benzene rings is 1. The monoisotopic (exact) mass is 392 g/mol. The first-order valence-electron chi connectivity index (χ1n) is 9.15. The van der Waals surface area contributed by atoms with Gasteiger partial charge in [-0.25, -0.2) is 0 Å². The quantitative estimate of drug-likeness (QED) is 0.579. The molecule has 2 heterocycles. The number of nitrogens with one attached hydrogen (secondary N) is 1. The molecule has 150 valence electrons. The highest BCUT2D eigenvalue weighted by Gasteiger charge is 2.41. The van der Waals surface area contributed by atoms with Crippen molar-refractivity contribution in [2.45, 2.75) is 18.5 Å². The van der Waals surface area contributed by atoms with Crippen LogP contribution in [0.4, 0.5) is 0 Å². The van der Waals surface area contributed by atoms with Gasteiger partial charge in [0.2, 0.25) is 5.91 Å². The van der Waals surface area contributed by atoms with Gasteiger partial charge in [0.05, 0.1) is 14.2 Å². The third-order valence-corrected chi connectivity index (χ3v) is 4.82. The highest BCUT2D eigenvalue weighted by atomic mass is 16.5. The van der Waals surface area contributed by atoms with Crippen LogP contribution in [0, 0.1) is 0 Å². The van der Waals surface area contributed by atoms with E-state index < -0.39 is 11.4 Å². The molecule has 1 aromatic carbocycles. The molecule has 0 spiro atoms. The summed E-state index contributed by atoms with van der Waals surface area (Å²) in [6.07, 6.45) is 7.13. The average Bonchev–Trinajstić information content (AvgIpc) is 2.77. The summed E-state index contributed by atoms with van der Waals surface area (Å²) in [4.78, 5) is 21.1. The fourth-order valence-corrected chi connectivity index (χ4v) is 3.35. The van der Waals surface area contributed by atoms with Crippen molar-refractivity contribution in [2.75, 3.05) is 14.2 Å². The minimum absolute atomic E-state index is 0.314. The SMILES string of the molecule is COc1cccc(C(Cc2ccncc2)(NCc2cccnc2)C(N)=O)c1OC. The number of amides is 1. The number of carbonyl (C=O) groups is 1. The number of hydrogen-bond donors (Lipinski definition) is 2. The Morgan fingerprint density at radius 2 is 1.79 bits per heavy atom. The predicted molar refractivity (Wildman–Crippen MR) is 109 cm³/mol. The van der Waals surface area contributed by atoms with Crippen LogP contribution in [0.5, 0.6) is 11.5 Å². The van der Waals surface area contributed by atoms with E-state index in [4.69, 9.17) is 15.2 Å². The fraction of sp³-hybridized carbons (Fsp3) is 0.227. The number of methoxy groups -OCH3 is 2. The van der Waals surface area contributed by atoms with Gasteiger partial charge in [0, 0.05) is 43.3 Å². The maximum atomic E-state index is 12.9. The minimum Gasteiger partial charge on any atom is -0.493 e. The summed E-state index contributed by atoms with van der Waals surface area (Å²) in [5.74, 6) is 0.458. The van der Waals surface area contributed by atoms with Crippen molar-refractivity contribution >= 4 is 5.91 Å². The summed E-state index contributed by atoms with van der Waals surface area (Å²) >= 11 is 0. The van der Waals surface area contributed by atoms with Crippen LogP contribution in [-0.4, -0.2) is 30.1 Å². The number of nitrogens with zero attached hydrogens (tertiary/aromatic N) is 2. The van der Waals surface area contributed by atoms with E-state index in [9.17, 15) is 4.79 Å². The molecule has 0 bridgehead atoms. The molecule has 2 aromatic heterocycles. The van der Waals surface area contributed by atoms with Crippen LogP contribution in [0.15, 0.2) is 67.3 Å². The fourth-order valence-electron chi connectivity index (χ4n) is 3.35. The second kappa shape index (κ2) is 9.16. The van der Waals surface area contributed by atoms with Crippen LogP contribution in [0.2, 0.25) is 0 Å². The van der Waals surface area contributed by atoms with Gasteiger partial charge in [-0.15, -0.1) is 0 Å². The molecule has 0 aliphatic heterocycles. The van der Waals surface area contributed by atoms with Crippen molar-refractivity contribution in [2.24, 2.45) is 5.73 Å². The maximum Gasteiger partial charge on any atom is 0.242 e. The number of para-hydroxylation sites is 1. The van der Waals surface area contributed by atoms with E-state index >= 15 is 0 Å². The number of primary amides is 1. The summed E-state index contributed by atoms with van der Waals surface area (Å²) in [6, 6.07) is 12.9. The molecule has 0 saturated heterocycles. The molecule has 29 heavy (non-hydrogen) atoms. The third-order valence-electron chi connectivity index (χ3n) is 4.82. The van der Waals surface area contributed by atoms with E-state index in [1.807, 2.05) is 36.4 Å².